The van der Waals surface area contributed by atoms with E-state index in [2.05, 4.69) is 9.97 Å². The molecule has 0 saturated heterocycles. The van der Waals surface area contributed by atoms with Crippen LogP contribution >= 0.6 is 0 Å². The van der Waals surface area contributed by atoms with Gasteiger partial charge >= 0.3 is 5.97 Å². The van der Waals surface area contributed by atoms with Crippen LogP contribution in [-0.4, -0.2) is 21.0 Å². The maximum atomic E-state index is 10.8. The molecule has 0 amide bonds. The van der Waals surface area contributed by atoms with Gasteiger partial charge in [0.05, 0.1) is 11.3 Å². The number of carboxylic acids is 1. The molecule has 0 aliphatic rings. The van der Waals surface area contributed by atoms with Gasteiger partial charge in [0.2, 0.25) is 0 Å². The van der Waals surface area contributed by atoms with E-state index in [1.807, 2.05) is 19.1 Å². The summed E-state index contributed by atoms with van der Waals surface area (Å²) in [6.45, 7) is 1.93. The third-order valence-electron chi connectivity index (χ3n) is 2.27. The van der Waals surface area contributed by atoms with Crippen LogP contribution in [-0.2, 0) is 0 Å². The molecule has 4 nitrogen and oxygen atoms in total. The summed E-state index contributed by atoms with van der Waals surface area (Å²) in [4.78, 5) is 18.9. The molecular formula is C12H10N2O2. The van der Waals surface area contributed by atoms with Gasteiger partial charge in [0.25, 0.3) is 0 Å². The van der Waals surface area contributed by atoms with E-state index >= 15 is 0 Å². The van der Waals surface area contributed by atoms with Gasteiger partial charge < -0.3 is 5.11 Å². The van der Waals surface area contributed by atoms with E-state index in [9.17, 15) is 4.79 Å². The summed E-state index contributed by atoms with van der Waals surface area (Å²) in [5, 5.41) is 8.87. The minimum absolute atomic E-state index is 0.169. The van der Waals surface area contributed by atoms with E-state index in [-0.39, 0.29) is 5.56 Å². The second-order valence-corrected chi connectivity index (χ2v) is 3.44. The van der Waals surface area contributed by atoms with Crippen molar-refractivity contribution in [3.05, 3.63) is 47.9 Å². The van der Waals surface area contributed by atoms with Crippen LogP contribution in [0.4, 0.5) is 0 Å². The third kappa shape index (κ3) is 1.91. The Labute approximate surface area is 92.6 Å². The highest BCUT2D eigenvalue weighted by atomic mass is 16.4. The number of pyridine rings is 2. The van der Waals surface area contributed by atoms with Crippen LogP contribution in [0.5, 0.6) is 0 Å². The molecular weight excluding hydrogens is 204 g/mol. The monoisotopic (exact) mass is 214 g/mol. The quantitative estimate of drug-likeness (QED) is 0.831. The molecule has 16 heavy (non-hydrogen) atoms. The average Bonchev–Trinajstić information content (AvgIpc) is 2.30. The van der Waals surface area contributed by atoms with Crippen molar-refractivity contribution >= 4 is 5.97 Å². The zero-order valence-corrected chi connectivity index (χ0v) is 8.71. The van der Waals surface area contributed by atoms with Gasteiger partial charge in [-0.05, 0) is 24.6 Å². The molecule has 0 aliphatic carbocycles. The molecule has 0 aromatic carbocycles. The molecule has 0 unspecified atom stereocenters. The SMILES string of the molecule is Cc1cccnc1-c1cncc(C(=O)O)c1. The second-order valence-electron chi connectivity index (χ2n) is 3.44. The summed E-state index contributed by atoms with van der Waals surface area (Å²) in [5.41, 5.74) is 2.64. The van der Waals surface area contributed by atoms with E-state index in [1.165, 1.54) is 6.20 Å². The van der Waals surface area contributed by atoms with Crippen LogP contribution in [0.15, 0.2) is 36.8 Å². The number of hydrogen-bond donors (Lipinski definition) is 1. The molecule has 0 radical (unpaired) electrons. The number of carboxylic acid groups (broad SMARTS) is 1. The van der Waals surface area contributed by atoms with Crippen molar-refractivity contribution in [1.29, 1.82) is 0 Å². The first kappa shape index (κ1) is 10.3. The molecule has 2 aromatic heterocycles. The van der Waals surface area contributed by atoms with E-state index in [0.29, 0.717) is 0 Å². The van der Waals surface area contributed by atoms with Crippen LogP contribution in [0.3, 0.4) is 0 Å². The molecule has 0 saturated carbocycles. The number of rotatable bonds is 2. The summed E-state index contributed by atoms with van der Waals surface area (Å²) >= 11 is 0. The Balaban J connectivity index is 2.53. The summed E-state index contributed by atoms with van der Waals surface area (Å²) in [6.07, 6.45) is 4.61. The van der Waals surface area contributed by atoms with Gasteiger partial charge in [-0.1, -0.05) is 6.07 Å². The molecule has 2 aromatic rings. The van der Waals surface area contributed by atoms with E-state index in [4.69, 9.17) is 5.11 Å². The first-order valence-electron chi connectivity index (χ1n) is 4.79. The number of aromatic carboxylic acids is 1. The summed E-state index contributed by atoms with van der Waals surface area (Å²) in [7, 11) is 0. The van der Waals surface area contributed by atoms with Crippen LogP contribution in [0.1, 0.15) is 15.9 Å². The highest BCUT2D eigenvalue weighted by Crippen LogP contribution is 2.20. The van der Waals surface area contributed by atoms with E-state index in [0.717, 1.165) is 16.8 Å². The highest BCUT2D eigenvalue weighted by molar-refractivity contribution is 5.88. The van der Waals surface area contributed by atoms with Crippen molar-refractivity contribution in [2.24, 2.45) is 0 Å². The number of nitrogens with zero attached hydrogens (tertiary/aromatic N) is 2. The van der Waals surface area contributed by atoms with Crippen LogP contribution in [0.2, 0.25) is 0 Å². The second kappa shape index (κ2) is 4.10. The normalized spacial score (nSPS) is 10.1. The fourth-order valence-electron chi connectivity index (χ4n) is 1.47. The largest absolute Gasteiger partial charge is 0.478 e. The summed E-state index contributed by atoms with van der Waals surface area (Å²) < 4.78 is 0. The lowest BCUT2D eigenvalue weighted by molar-refractivity contribution is 0.0696. The Morgan fingerprint density at radius 2 is 2.19 bits per heavy atom. The van der Waals surface area contributed by atoms with Crippen molar-refractivity contribution < 1.29 is 9.90 Å². The molecule has 0 atom stereocenters. The minimum atomic E-state index is -0.983. The summed E-state index contributed by atoms with van der Waals surface area (Å²) in [5.74, 6) is -0.983. The minimum Gasteiger partial charge on any atom is -0.478 e. The lowest BCUT2D eigenvalue weighted by Crippen LogP contribution is -1.98. The van der Waals surface area contributed by atoms with Gasteiger partial charge in [0.1, 0.15) is 0 Å². The molecule has 0 bridgehead atoms. The zero-order chi connectivity index (χ0) is 11.5. The van der Waals surface area contributed by atoms with Gasteiger partial charge in [-0.2, -0.15) is 0 Å². The lowest BCUT2D eigenvalue weighted by Gasteiger charge is -2.04. The smallest absolute Gasteiger partial charge is 0.337 e. The molecule has 1 N–H and O–H groups in total. The fraction of sp³-hybridized carbons (Fsp3) is 0.0833. The van der Waals surface area contributed by atoms with Crippen molar-refractivity contribution in [3.63, 3.8) is 0 Å². The van der Waals surface area contributed by atoms with Crippen LogP contribution in [0.25, 0.3) is 11.3 Å². The predicted molar refractivity (Wildman–Crippen MR) is 59.2 cm³/mol. The standard InChI is InChI=1S/C12H10N2O2/c1-8-3-2-4-14-11(8)9-5-10(12(15)16)7-13-6-9/h2-7H,1H3,(H,15,16). The van der Waals surface area contributed by atoms with Crippen molar-refractivity contribution in [2.45, 2.75) is 6.92 Å². The lowest BCUT2D eigenvalue weighted by atomic mass is 10.1. The topological polar surface area (TPSA) is 63.1 Å². The molecule has 2 heterocycles. The van der Waals surface area contributed by atoms with Gasteiger partial charge in [-0.15, -0.1) is 0 Å². The number of aryl methyl sites for hydroxylation is 1. The molecule has 0 spiro atoms. The van der Waals surface area contributed by atoms with Gasteiger partial charge in [0, 0.05) is 24.2 Å². The van der Waals surface area contributed by atoms with Gasteiger partial charge in [-0.3, -0.25) is 9.97 Å². The molecule has 0 aliphatic heterocycles. The van der Waals surface area contributed by atoms with E-state index < -0.39 is 5.97 Å². The predicted octanol–water partition coefficient (Wildman–Crippen LogP) is 2.15. The third-order valence-corrected chi connectivity index (χ3v) is 2.27. The van der Waals surface area contributed by atoms with Gasteiger partial charge in [-0.25, -0.2) is 4.79 Å². The van der Waals surface area contributed by atoms with E-state index in [1.54, 1.807) is 18.5 Å². The first-order valence-corrected chi connectivity index (χ1v) is 4.79. The number of aromatic nitrogens is 2. The van der Waals surface area contributed by atoms with Crippen LogP contribution in [0, 0.1) is 6.92 Å². The Hall–Kier alpha value is -2.23. The summed E-state index contributed by atoms with van der Waals surface area (Å²) in [6, 6.07) is 5.34. The Morgan fingerprint density at radius 3 is 2.88 bits per heavy atom. The Kier molecular flexibility index (Phi) is 2.64. The fourth-order valence-corrected chi connectivity index (χ4v) is 1.47. The first-order chi connectivity index (χ1) is 7.68. The number of carbonyl (C=O) groups is 1. The number of hydrogen-bond acceptors (Lipinski definition) is 3. The van der Waals surface area contributed by atoms with Crippen molar-refractivity contribution in [3.8, 4) is 11.3 Å². The molecule has 4 heteroatoms. The highest BCUT2D eigenvalue weighted by Gasteiger charge is 2.07. The Morgan fingerprint density at radius 1 is 1.38 bits per heavy atom. The average molecular weight is 214 g/mol. The molecule has 2 rings (SSSR count). The van der Waals surface area contributed by atoms with Crippen molar-refractivity contribution in [1.82, 2.24) is 9.97 Å². The van der Waals surface area contributed by atoms with Crippen molar-refractivity contribution in [2.75, 3.05) is 0 Å². The Bertz CT molecular complexity index is 538. The van der Waals surface area contributed by atoms with Gasteiger partial charge in [0.15, 0.2) is 0 Å². The molecule has 0 fully saturated rings. The zero-order valence-electron chi connectivity index (χ0n) is 8.71. The van der Waals surface area contributed by atoms with Crippen LogP contribution < -0.4 is 0 Å². The maximum absolute atomic E-state index is 10.8. The molecule has 80 valence electrons. The maximum Gasteiger partial charge on any atom is 0.337 e.